The van der Waals surface area contributed by atoms with Crippen LogP contribution in [0.4, 0.5) is 0 Å². The normalized spacial score (nSPS) is 22.3. The molecule has 2 atom stereocenters. The maximum Gasteiger partial charge on any atom is 0.246 e. The zero-order valence-electron chi connectivity index (χ0n) is 13.1. The van der Waals surface area contributed by atoms with Gasteiger partial charge in [-0.05, 0) is 37.7 Å². The van der Waals surface area contributed by atoms with Crippen LogP contribution in [-0.4, -0.2) is 41.3 Å². The van der Waals surface area contributed by atoms with Gasteiger partial charge in [-0.3, -0.25) is 0 Å². The highest BCUT2D eigenvalue weighted by atomic mass is 16.5. The predicted molar refractivity (Wildman–Crippen MR) is 85.2 cm³/mol. The minimum Gasteiger partial charge on any atom is -0.418 e. The Morgan fingerprint density at radius 3 is 2.96 bits per heavy atom. The van der Waals surface area contributed by atoms with Crippen molar-refractivity contribution in [3.05, 3.63) is 47.2 Å². The van der Waals surface area contributed by atoms with Gasteiger partial charge in [0.25, 0.3) is 0 Å². The minimum absolute atomic E-state index is 0.137. The van der Waals surface area contributed by atoms with Crippen LogP contribution in [0.25, 0.3) is 12.2 Å². The summed E-state index contributed by atoms with van der Waals surface area (Å²) >= 11 is 0. The first-order valence-electron chi connectivity index (χ1n) is 7.49. The molecule has 2 heterocycles. The average molecular weight is 310 g/mol. The molecule has 118 valence electrons. The van der Waals surface area contributed by atoms with E-state index in [0.29, 0.717) is 17.3 Å². The van der Waals surface area contributed by atoms with Crippen LogP contribution < -0.4 is 0 Å². The van der Waals surface area contributed by atoms with Crippen LogP contribution in [-0.2, 0) is 4.74 Å². The van der Waals surface area contributed by atoms with Crippen LogP contribution in [0.5, 0.6) is 0 Å². The first kappa shape index (κ1) is 15.4. The van der Waals surface area contributed by atoms with E-state index in [0.717, 1.165) is 18.7 Å². The SMILES string of the molecule is C[C@@H]1CN(C)C[C@H](c2nnc(/C=C/c3cccc(C#N)c3)o2)O1. The zero-order valence-corrected chi connectivity index (χ0v) is 13.1. The molecule has 6 heteroatoms. The van der Waals surface area contributed by atoms with Crippen molar-refractivity contribution in [1.29, 1.82) is 5.26 Å². The summed E-state index contributed by atoms with van der Waals surface area (Å²) in [5.41, 5.74) is 1.53. The Morgan fingerprint density at radius 1 is 1.30 bits per heavy atom. The van der Waals surface area contributed by atoms with E-state index in [9.17, 15) is 0 Å². The lowest BCUT2D eigenvalue weighted by atomic mass is 10.1. The number of ether oxygens (including phenoxy) is 1. The van der Waals surface area contributed by atoms with Gasteiger partial charge in [-0.25, -0.2) is 0 Å². The van der Waals surface area contributed by atoms with Gasteiger partial charge in [-0.1, -0.05) is 12.1 Å². The number of aromatic nitrogens is 2. The minimum atomic E-state index is -0.194. The van der Waals surface area contributed by atoms with Crippen molar-refractivity contribution in [2.45, 2.75) is 19.1 Å². The van der Waals surface area contributed by atoms with Crippen molar-refractivity contribution in [3.63, 3.8) is 0 Å². The molecule has 0 bridgehead atoms. The Balaban J connectivity index is 1.72. The number of morpholine rings is 1. The monoisotopic (exact) mass is 310 g/mol. The highest BCUT2D eigenvalue weighted by Crippen LogP contribution is 2.23. The molecule has 1 aliphatic heterocycles. The third kappa shape index (κ3) is 3.83. The van der Waals surface area contributed by atoms with Crippen LogP contribution in [0, 0.1) is 11.3 Å². The highest BCUT2D eigenvalue weighted by molar-refractivity contribution is 5.66. The van der Waals surface area contributed by atoms with E-state index < -0.39 is 0 Å². The second kappa shape index (κ2) is 6.73. The van der Waals surface area contributed by atoms with Crippen molar-refractivity contribution >= 4 is 12.2 Å². The van der Waals surface area contributed by atoms with Crippen LogP contribution in [0.2, 0.25) is 0 Å². The van der Waals surface area contributed by atoms with Gasteiger partial charge < -0.3 is 14.1 Å². The fraction of sp³-hybridized carbons (Fsp3) is 0.353. The first-order valence-corrected chi connectivity index (χ1v) is 7.49. The van der Waals surface area contributed by atoms with Gasteiger partial charge in [0, 0.05) is 19.2 Å². The molecule has 0 unspecified atom stereocenters. The van der Waals surface area contributed by atoms with Crippen molar-refractivity contribution in [3.8, 4) is 6.07 Å². The topological polar surface area (TPSA) is 75.2 Å². The lowest BCUT2D eigenvalue weighted by Crippen LogP contribution is -2.40. The van der Waals surface area contributed by atoms with Gasteiger partial charge in [0.2, 0.25) is 11.8 Å². The number of nitriles is 1. The molecular formula is C17H18N4O2. The number of hydrogen-bond acceptors (Lipinski definition) is 6. The third-order valence-corrected chi connectivity index (χ3v) is 3.61. The fourth-order valence-electron chi connectivity index (χ4n) is 2.62. The lowest BCUT2D eigenvalue weighted by Gasteiger charge is -2.32. The lowest BCUT2D eigenvalue weighted by molar-refractivity contribution is -0.0823. The molecule has 6 nitrogen and oxygen atoms in total. The van der Waals surface area contributed by atoms with E-state index in [1.807, 2.05) is 32.2 Å². The fourth-order valence-corrected chi connectivity index (χ4v) is 2.62. The van der Waals surface area contributed by atoms with Gasteiger partial charge >= 0.3 is 0 Å². The summed E-state index contributed by atoms with van der Waals surface area (Å²) in [6, 6.07) is 9.43. The molecule has 0 amide bonds. The van der Waals surface area contributed by atoms with E-state index in [1.54, 1.807) is 18.2 Å². The molecule has 0 saturated carbocycles. The predicted octanol–water partition coefficient (Wildman–Crippen LogP) is 2.50. The summed E-state index contributed by atoms with van der Waals surface area (Å²) in [5.74, 6) is 0.917. The first-order chi connectivity index (χ1) is 11.1. The number of rotatable bonds is 3. The van der Waals surface area contributed by atoms with Gasteiger partial charge in [-0.15, -0.1) is 10.2 Å². The Labute approximate surface area is 135 Å². The molecule has 0 spiro atoms. The molecule has 1 aliphatic rings. The van der Waals surface area contributed by atoms with Gasteiger partial charge in [-0.2, -0.15) is 5.26 Å². The summed E-state index contributed by atoms with van der Waals surface area (Å²) in [6.45, 7) is 3.66. The molecule has 23 heavy (non-hydrogen) atoms. The quantitative estimate of drug-likeness (QED) is 0.867. The summed E-state index contributed by atoms with van der Waals surface area (Å²) in [6.07, 6.45) is 3.52. The molecular weight excluding hydrogens is 292 g/mol. The summed E-state index contributed by atoms with van der Waals surface area (Å²) < 4.78 is 11.5. The maximum absolute atomic E-state index is 8.90. The van der Waals surface area contributed by atoms with Crippen molar-refractivity contribution in [2.24, 2.45) is 0 Å². The molecule has 1 fully saturated rings. The Kier molecular flexibility index (Phi) is 4.51. The van der Waals surface area contributed by atoms with Gasteiger partial charge in [0.05, 0.1) is 17.7 Å². The van der Waals surface area contributed by atoms with Crippen molar-refractivity contribution in [1.82, 2.24) is 15.1 Å². The van der Waals surface area contributed by atoms with E-state index in [2.05, 4.69) is 21.2 Å². The van der Waals surface area contributed by atoms with Gasteiger partial charge in [0.1, 0.15) is 6.10 Å². The van der Waals surface area contributed by atoms with Crippen LogP contribution in [0.3, 0.4) is 0 Å². The van der Waals surface area contributed by atoms with Gasteiger partial charge in [0.15, 0.2) is 0 Å². The molecule has 1 aromatic carbocycles. The highest BCUT2D eigenvalue weighted by Gasteiger charge is 2.28. The molecule has 0 aliphatic carbocycles. The van der Waals surface area contributed by atoms with E-state index in [1.165, 1.54) is 0 Å². The molecule has 3 rings (SSSR count). The van der Waals surface area contributed by atoms with E-state index in [4.69, 9.17) is 14.4 Å². The third-order valence-electron chi connectivity index (χ3n) is 3.61. The largest absolute Gasteiger partial charge is 0.418 e. The second-order valence-electron chi connectivity index (χ2n) is 5.71. The Hall–Kier alpha value is -2.49. The number of nitrogens with zero attached hydrogens (tertiary/aromatic N) is 4. The van der Waals surface area contributed by atoms with Crippen molar-refractivity contribution in [2.75, 3.05) is 20.1 Å². The summed E-state index contributed by atoms with van der Waals surface area (Å²) in [7, 11) is 2.05. The van der Waals surface area contributed by atoms with Crippen LogP contribution >= 0.6 is 0 Å². The average Bonchev–Trinajstić information content (AvgIpc) is 3.01. The molecule has 1 saturated heterocycles. The molecule has 0 radical (unpaired) electrons. The zero-order chi connectivity index (χ0) is 16.2. The Morgan fingerprint density at radius 2 is 2.17 bits per heavy atom. The van der Waals surface area contributed by atoms with E-state index in [-0.39, 0.29) is 12.2 Å². The van der Waals surface area contributed by atoms with E-state index >= 15 is 0 Å². The van der Waals surface area contributed by atoms with Crippen LogP contribution in [0.15, 0.2) is 28.7 Å². The maximum atomic E-state index is 8.90. The molecule has 2 aromatic rings. The number of hydrogen-bond donors (Lipinski definition) is 0. The summed E-state index contributed by atoms with van der Waals surface area (Å²) in [5, 5.41) is 17.0. The number of likely N-dealkylation sites (N-methyl/N-ethyl adjacent to an activating group) is 1. The van der Waals surface area contributed by atoms with Crippen LogP contribution in [0.1, 0.15) is 35.9 Å². The smallest absolute Gasteiger partial charge is 0.246 e. The standard InChI is InChI=1S/C17H18N4O2/c1-12-10-21(2)11-15(22-12)17-20-19-16(23-17)7-6-13-4-3-5-14(8-13)9-18/h3-8,12,15H,10-11H2,1-2H3/b7-6+/t12-,15-/m1/s1. The van der Waals surface area contributed by atoms with Crippen molar-refractivity contribution < 1.29 is 9.15 Å². The molecule has 1 aromatic heterocycles. The second-order valence-corrected chi connectivity index (χ2v) is 5.71. The Bertz CT molecular complexity index is 737. The number of benzene rings is 1. The summed E-state index contributed by atoms with van der Waals surface area (Å²) in [4.78, 5) is 2.19. The molecule has 0 N–H and O–H groups in total.